The minimum Gasteiger partial charge on any atom is -0.380 e. The number of nitrogens with one attached hydrogen (secondary N) is 1. The lowest BCUT2D eigenvalue weighted by molar-refractivity contribution is 0.148. The summed E-state index contributed by atoms with van der Waals surface area (Å²) in [4.78, 5) is 2.30. The smallest absolute Gasteiger partial charge is 0.0590 e. The zero-order valence-electron chi connectivity index (χ0n) is 12.2. The van der Waals surface area contributed by atoms with Crippen LogP contribution in [0.3, 0.4) is 0 Å². The molecule has 0 saturated carbocycles. The van der Waals surface area contributed by atoms with E-state index in [-0.39, 0.29) is 0 Å². The lowest BCUT2D eigenvalue weighted by atomic mass is 10.1. The number of rotatable bonds is 9. The van der Waals surface area contributed by atoms with Crippen LogP contribution in [0, 0.1) is 0 Å². The van der Waals surface area contributed by atoms with Crippen LogP contribution in [0.2, 0.25) is 5.02 Å². The third-order valence-electron chi connectivity index (χ3n) is 3.29. The first-order valence-electron chi connectivity index (χ1n) is 6.90. The van der Waals surface area contributed by atoms with Crippen molar-refractivity contribution in [2.45, 2.75) is 19.9 Å². The maximum atomic E-state index is 6.22. The summed E-state index contributed by atoms with van der Waals surface area (Å²) in [6.45, 7) is 8.60. The molecule has 1 aromatic rings. The molecular formula is C15H25ClN2O. The van der Waals surface area contributed by atoms with Crippen molar-refractivity contribution in [3.8, 4) is 0 Å². The Kier molecular flexibility index (Phi) is 8.07. The fourth-order valence-electron chi connectivity index (χ4n) is 1.91. The summed E-state index contributed by atoms with van der Waals surface area (Å²) in [6, 6.07) is 8.36. The first kappa shape index (κ1) is 16.4. The first-order valence-corrected chi connectivity index (χ1v) is 7.27. The summed E-state index contributed by atoms with van der Waals surface area (Å²) >= 11 is 6.22. The molecule has 0 spiro atoms. The van der Waals surface area contributed by atoms with Crippen molar-refractivity contribution in [2.24, 2.45) is 0 Å². The molecule has 0 aliphatic carbocycles. The van der Waals surface area contributed by atoms with Gasteiger partial charge in [-0.3, -0.25) is 4.90 Å². The molecule has 1 atom stereocenters. The van der Waals surface area contributed by atoms with Crippen molar-refractivity contribution in [3.05, 3.63) is 34.9 Å². The Labute approximate surface area is 121 Å². The van der Waals surface area contributed by atoms with Gasteiger partial charge >= 0.3 is 0 Å². The number of halogens is 1. The number of likely N-dealkylation sites (N-methyl/N-ethyl adjacent to an activating group) is 1. The zero-order chi connectivity index (χ0) is 14.1. The van der Waals surface area contributed by atoms with Gasteiger partial charge in [0, 0.05) is 37.3 Å². The van der Waals surface area contributed by atoms with Crippen molar-refractivity contribution < 1.29 is 4.74 Å². The minimum absolute atomic E-state index is 0.322. The molecule has 3 nitrogen and oxygen atoms in total. The third kappa shape index (κ3) is 5.91. The molecule has 108 valence electrons. The molecule has 19 heavy (non-hydrogen) atoms. The molecule has 0 aromatic heterocycles. The second kappa shape index (κ2) is 9.32. The van der Waals surface area contributed by atoms with E-state index in [1.54, 1.807) is 0 Å². The molecule has 1 N–H and O–H groups in total. The predicted octanol–water partition coefficient (Wildman–Crippen LogP) is 2.96. The van der Waals surface area contributed by atoms with Crippen molar-refractivity contribution in [3.63, 3.8) is 0 Å². The van der Waals surface area contributed by atoms with Crippen LogP contribution in [-0.4, -0.2) is 44.8 Å². The Morgan fingerprint density at radius 3 is 2.74 bits per heavy atom. The van der Waals surface area contributed by atoms with E-state index in [0.717, 1.165) is 37.9 Å². The van der Waals surface area contributed by atoms with Crippen LogP contribution in [0.25, 0.3) is 0 Å². The summed E-state index contributed by atoms with van der Waals surface area (Å²) in [5.74, 6) is 0. The molecule has 4 heteroatoms. The van der Waals surface area contributed by atoms with Crippen molar-refractivity contribution in [1.82, 2.24) is 10.2 Å². The molecule has 1 rings (SSSR count). The normalized spacial score (nSPS) is 12.9. The van der Waals surface area contributed by atoms with Crippen LogP contribution in [0.1, 0.15) is 25.5 Å². The number of hydrogen-bond acceptors (Lipinski definition) is 3. The SMILES string of the molecule is CCOCCNCCN(C)C(C)c1ccccc1Cl. The van der Waals surface area contributed by atoms with Crippen LogP contribution >= 0.6 is 11.6 Å². The van der Waals surface area contributed by atoms with E-state index in [9.17, 15) is 0 Å². The molecule has 1 aromatic carbocycles. The minimum atomic E-state index is 0.322. The number of benzene rings is 1. The maximum absolute atomic E-state index is 6.22. The average molecular weight is 285 g/mol. The predicted molar refractivity (Wildman–Crippen MR) is 81.9 cm³/mol. The lowest BCUT2D eigenvalue weighted by Crippen LogP contribution is -2.32. The molecule has 0 fully saturated rings. The standard InChI is InChI=1S/C15H25ClN2O/c1-4-19-12-10-17-9-11-18(3)13(2)14-7-5-6-8-15(14)16/h5-8,13,17H,4,9-12H2,1-3H3. The van der Waals surface area contributed by atoms with E-state index in [1.807, 2.05) is 25.1 Å². The third-order valence-corrected chi connectivity index (χ3v) is 3.63. The molecular weight excluding hydrogens is 260 g/mol. The maximum Gasteiger partial charge on any atom is 0.0590 e. The first-order chi connectivity index (χ1) is 9.16. The summed E-state index contributed by atoms with van der Waals surface area (Å²) in [6.07, 6.45) is 0. The summed E-state index contributed by atoms with van der Waals surface area (Å²) in [5.41, 5.74) is 1.18. The number of nitrogens with zero attached hydrogens (tertiary/aromatic N) is 1. The fraction of sp³-hybridized carbons (Fsp3) is 0.600. The highest BCUT2D eigenvalue weighted by Gasteiger charge is 2.13. The van der Waals surface area contributed by atoms with Crippen LogP contribution in [0.5, 0.6) is 0 Å². The number of ether oxygens (including phenoxy) is 1. The summed E-state index contributed by atoms with van der Waals surface area (Å²) in [7, 11) is 2.12. The quantitative estimate of drug-likeness (QED) is 0.706. The summed E-state index contributed by atoms with van der Waals surface area (Å²) in [5, 5.41) is 4.21. The summed E-state index contributed by atoms with van der Waals surface area (Å²) < 4.78 is 5.28. The fourth-order valence-corrected chi connectivity index (χ4v) is 2.21. The molecule has 0 saturated heterocycles. The Morgan fingerprint density at radius 2 is 2.05 bits per heavy atom. The van der Waals surface area contributed by atoms with Crippen LogP contribution < -0.4 is 5.32 Å². The second-order valence-corrected chi connectivity index (χ2v) is 5.03. The molecule has 1 unspecified atom stereocenters. The van der Waals surface area contributed by atoms with Gasteiger partial charge in [-0.25, -0.2) is 0 Å². The zero-order valence-corrected chi connectivity index (χ0v) is 12.9. The van der Waals surface area contributed by atoms with Gasteiger partial charge in [-0.2, -0.15) is 0 Å². The van der Waals surface area contributed by atoms with Gasteiger partial charge in [-0.15, -0.1) is 0 Å². The van der Waals surface area contributed by atoms with E-state index in [2.05, 4.69) is 30.3 Å². The highest BCUT2D eigenvalue weighted by molar-refractivity contribution is 6.31. The Bertz CT molecular complexity index is 360. The van der Waals surface area contributed by atoms with Crippen LogP contribution in [0.4, 0.5) is 0 Å². The van der Waals surface area contributed by atoms with Gasteiger partial charge in [0.2, 0.25) is 0 Å². The Hall–Kier alpha value is -0.610. The monoisotopic (exact) mass is 284 g/mol. The van der Waals surface area contributed by atoms with Gasteiger partial charge < -0.3 is 10.1 Å². The van der Waals surface area contributed by atoms with Crippen molar-refractivity contribution in [1.29, 1.82) is 0 Å². The van der Waals surface area contributed by atoms with E-state index in [0.29, 0.717) is 6.04 Å². The average Bonchev–Trinajstić information content (AvgIpc) is 2.42. The van der Waals surface area contributed by atoms with Gasteiger partial charge in [-0.1, -0.05) is 29.8 Å². The van der Waals surface area contributed by atoms with Gasteiger partial charge in [-0.05, 0) is 32.5 Å². The van der Waals surface area contributed by atoms with Crippen molar-refractivity contribution >= 4 is 11.6 Å². The highest BCUT2D eigenvalue weighted by atomic mass is 35.5. The molecule has 0 amide bonds. The van der Waals surface area contributed by atoms with Gasteiger partial charge in [0.1, 0.15) is 0 Å². The molecule has 0 radical (unpaired) electrons. The van der Waals surface area contributed by atoms with Gasteiger partial charge in [0.15, 0.2) is 0 Å². The van der Waals surface area contributed by atoms with E-state index in [4.69, 9.17) is 16.3 Å². The van der Waals surface area contributed by atoms with Crippen LogP contribution in [0.15, 0.2) is 24.3 Å². The molecule has 0 aliphatic rings. The highest BCUT2D eigenvalue weighted by Crippen LogP contribution is 2.25. The lowest BCUT2D eigenvalue weighted by Gasteiger charge is -2.25. The number of hydrogen-bond donors (Lipinski definition) is 1. The van der Waals surface area contributed by atoms with Gasteiger partial charge in [0.05, 0.1) is 6.61 Å². The molecule has 0 bridgehead atoms. The topological polar surface area (TPSA) is 24.5 Å². The molecule has 0 aliphatic heterocycles. The van der Waals surface area contributed by atoms with E-state index in [1.165, 1.54) is 5.56 Å². The van der Waals surface area contributed by atoms with Gasteiger partial charge in [0.25, 0.3) is 0 Å². The Balaban J connectivity index is 2.29. The van der Waals surface area contributed by atoms with Crippen molar-refractivity contribution in [2.75, 3.05) is 39.9 Å². The Morgan fingerprint density at radius 1 is 1.32 bits per heavy atom. The van der Waals surface area contributed by atoms with Crippen LogP contribution in [-0.2, 0) is 4.74 Å². The largest absolute Gasteiger partial charge is 0.380 e. The second-order valence-electron chi connectivity index (χ2n) is 4.63. The van der Waals surface area contributed by atoms with E-state index >= 15 is 0 Å². The van der Waals surface area contributed by atoms with E-state index < -0.39 is 0 Å². The molecule has 0 heterocycles.